The van der Waals surface area contributed by atoms with Crippen LogP contribution in [0.5, 0.6) is 0 Å². The summed E-state index contributed by atoms with van der Waals surface area (Å²) in [4.78, 5) is 14.9. The highest BCUT2D eigenvalue weighted by molar-refractivity contribution is 8.07. The molecule has 0 aliphatic heterocycles. The summed E-state index contributed by atoms with van der Waals surface area (Å²) in [6, 6.07) is 14.1. The SMILES string of the molecule is [N-]=[N+]=C(C(=O)c1cccc(Cl)c1)S(=O)(=O)Cc1ccccc1. The smallest absolute Gasteiger partial charge is 0.360 e. The molecule has 0 amide bonds. The molecule has 0 aliphatic carbocycles. The number of sulfone groups is 1. The first-order chi connectivity index (χ1) is 10.4. The van der Waals surface area contributed by atoms with Gasteiger partial charge in [-0.3, -0.25) is 4.79 Å². The Bertz CT molecular complexity index is 857. The number of carbonyl (C=O) groups excluding carboxylic acids is 1. The Kier molecular flexibility index (Phi) is 4.88. The van der Waals surface area contributed by atoms with Crippen LogP contribution in [0, 0.1) is 0 Å². The lowest BCUT2D eigenvalue weighted by Crippen LogP contribution is -2.27. The van der Waals surface area contributed by atoms with Gasteiger partial charge in [-0.05, 0) is 17.7 Å². The van der Waals surface area contributed by atoms with Gasteiger partial charge in [0.1, 0.15) is 0 Å². The minimum absolute atomic E-state index is 0.0388. The predicted octanol–water partition coefficient (Wildman–Crippen LogP) is 2.77. The average Bonchev–Trinajstić information content (AvgIpc) is 2.48. The number of carbonyl (C=O) groups is 1. The van der Waals surface area contributed by atoms with Crippen molar-refractivity contribution in [2.24, 2.45) is 0 Å². The highest BCUT2D eigenvalue weighted by Crippen LogP contribution is 2.14. The second kappa shape index (κ2) is 6.66. The van der Waals surface area contributed by atoms with Crippen LogP contribution in [0.15, 0.2) is 54.6 Å². The maximum Gasteiger partial charge on any atom is 0.452 e. The summed E-state index contributed by atoms with van der Waals surface area (Å²) in [7, 11) is -4.08. The van der Waals surface area contributed by atoms with Crippen LogP contribution in [0.2, 0.25) is 5.02 Å². The molecule has 22 heavy (non-hydrogen) atoms. The number of rotatable bonds is 4. The zero-order chi connectivity index (χ0) is 16.2. The molecule has 0 atom stereocenters. The fraction of sp³-hybridized carbons (Fsp3) is 0.0667. The molecule has 0 N–H and O–H groups in total. The summed E-state index contributed by atoms with van der Waals surface area (Å²) >= 11 is 5.78. The maximum absolute atomic E-state index is 12.3. The largest absolute Gasteiger partial charge is 0.452 e. The van der Waals surface area contributed by atoms with Crippen molar-refractivity contribution in [2.75, 3.05) is 0 Å². The average molecular weight is 335 g/mol. The van der Waals surface area contributed by atoms with E-state index in [0.29, 0.717) is 5.56 Å². The van der Waals surface area contributed by atoms with Crippen molar-refractivity contribution in [3.05, 3.63) is 76.3 Å². The second-order valence-electron chi connectivity index (χ2n) is 4.49. The summed E-state index contributed by atoms with van der Waals surface area (Å²) in [6.07, 6.45) is 0. The number of halogens is 1. The van der Waals surface area contributed by atoms with Gasteiger partial charge in [-0.15, -0.1) is 4.79 Å². The Morgan fingerprint density at radius 3 is 2.36 bits per heavy atom. The van der Waals surface area contributed by atoms with Gasteiger partial charge in [0.25, 0.3) is 15.6 Å². The van der Waals surface area contributed by atoms with Crippen molar-refractivity contribution in [3.63, 3.8) is 0 Å². The van der Waals surface area contributed by atoms with Gasteiger partial charge in [-0.2, -0.15) is 0 Å². The van der Waals surface area contributed by atoms with Crippen molar-refractivity contribution >= 4 is 32.3 Å². The number of hydrogen-bond donors (Lipinski definition) is 0. The molecule has 0 spiro atoms. The maximum atomic E-state index is 12.3. The quantitative estimate of drug-likeness (QED) is 0.283. The number of hydrogen-bond acceptors (Lipinski definition) is 3. The van der Waals surface area contributed by atoms with Gasteiger partial charge < -0.3 is 5.53 Å². The lowest BCUT2D eigenvalue weighted by atomic mass is 10.1. The van der Waals surface area contributed by atoms with Crippen molar-refractivity contribution < 1.29 is 18.0 Å². The number of benzene rings is 2. The van der Waals surface area contributed by atoms with Crippen LogP contribution in [0.25, 0.3) is 5.53 Å². The van der Waals surface area contributed by atoms with Crippen LogP contribution in [-0.2, 0) is 15.6 Å². The normalized spacial score (nSPS) is 10.8. The molecule has 0 heterocycles. The van der Waals surface area contributed by atoms with Crippen molar-refractivity contribution in [1.82, 2.24) is 0 Å². The van der Waals surface area contributed by atoms with Crippen LogP contribution in [-0.4, -0.2) is 24.0 Å². The van der Waals surface area contributed by atoms with E-state index in [-0.39, 0.29) is 10.6 Å². The van der Waals surface area contributed by atoms with Gasteiger partial charge in [-0.25, -0.2) is 8.42 Å². The Morgan fingerprint density at radius 1 is 1.09 bits per heavy atom. The van der Waals surface area contributed by atoms with Gasteiger partial charge in [0.05, 0.1) is 5.75 Å². The minimum Gasteiger partial charge on any atom is -0.360 e. The van der Waals surface area contributed by atoms with E-state index < -0.39 is 26.4 Å². The first kappa shape index (κ1) is 16.1. The minimum atomic E-state index is -4.08. The standard InChI is InChI=1S/C15H11ClN2O3S/c16-13-8-4-7-12(9-13)14(19)15(18-17)22(20,21)10-11-5-2-1-3-6-11/h1-9H,10H2. The van der Waals surface area contributed by atoms with E-state index in [1.54, 1.807) is 36.4 Å². The van der Waals surface area contributed by atoms with E-state index in [1.165, 1.54) is 18.2 Å². The molecular formula is C15H11ClN2O3S. The summed E-state index contributed by atoms with van der Waals surface area (Å²) in [5.74, 6) is -1.33. The Balaban J connectivity index is 2.36. The van der Waals surface area contributed by atoms with Crippen LogP contribution in [0.1, 0.15) is 15.9 Å². The summed E-state index contributed by atoms with van der Waals surface area (Å²) in [6.45, 7) is 0. The zero-order valence-corrected chi connectivity index (χ0v) is 12.9. The molecule has 0 bridgehead atoms. The molecule has 2 rings (SSSR count). The van der Waals surface area contributed by atoms with Crippen LogP contribution < -0.4 is 0 Å². The van der Waals surface area contributed by atoms with E-state index in [4.69, 9.17) is 17.1 Å². The van der Waals surface area contributed by atoms with Crippen molar-refractivity contribution in [1.29, 1.82) is 0 Å². The lowest BCUT2D eigenvalue weighted by molar-refractivity contribution is -0.00159. The van der Waals surface area contributed by atoms with E-state index in [1.807, 2.05) is 0 Å². The predicted molar refractivity (Wildman–Crippen MR) is 83.5 cm³/mol. The number of Topliss-reactive ketones (excluding diaryl/α,β-unsaturated/α-hetero) is 1. The third kappa shape index (κ3) is 3.68. The summed E-state index contributed by atoms with van der Waals surface area (Å²) < 4.78 is 24.6. The van der Waals surface area contributed by atoms with Crippen LogP contribution in [0.3, 0.4) is 0 Å². The molecule has 5 nitrogen and oxygen atoms in total. The van der Waals surface area contributed by atoms with Crippen LogP contribution in [0.4, 0.5) is 0 Å². The molecule has 0 saturated carbocycles. The number of nitrogens with zero attached hydrogens (tertiary/aromatic N) is 2. The molecule has 112 valence electrons. The first-order valence-corrected chi connectivity index (χ1v) is 8.26. The van der Waals surface area contributed by atoms with E-state index in [9.17, 15) is 13.2 Å². The van der Waals surface area contributed by atoms with E-state index in [2.05, 4.69) is 4.79 Å². The zero-order valence-electron chi connectivity index (χ0n) is 11.3. The number of ketones is 1. The molecule has 0 aromatic heterocycles. The topological polar surface area (TPSA) is 87.6 Å². The van der Waals surface area contributed by atoms with Crippen LogP contribution >= 0.6 is 11.6 Å². The highest BCUT2D eigenvalue weighted by Gasteiger charge is 2.36. The Labute approximate surface area is 132 Å². The van der Waals surface area contributed by atoms with Gasteiger partial charge in [0.2, 0.25) is 0 Å². The van der Waals surface area contributed by atoms with E-state index in [0.717, 1.165) is 0 Å². The lowest BCUT2D eigenvalue weighted by Gasteiger charge is -2.01. The molecule has 2 aromatic rings. The van der Waals surface area contributed by atoms with Crippen molar-refractivity contribution in [3.8, 4) is 0 Å². The molecule has 0 radical (unpaired) electrons. The Morgan fingerprint density at radius 2 is 1.77 bits per heavy atom. The van der Waals surface area contributed by atoms with E-state index >= 15 is 0 Å². The molecule has 0 fully saturated rings. The summed E-state index contributed by atoms with van der Waals surface area (Å²) in [5, 5.41) is -0.623. The molecule has 0 aliphatic rings. The fourth-order valence-electron chi connectivity index (χ4n) is 1.86. The first-order valence-electron chi connectivity index (χ1n) is 6.23. The Hall–Kier alpha value is -2.27. The molecule has 0 saturated heterocycles. The second-order valence-corrected chi connectivity index (χ2v) is 6.83. The molecule has 7 heteroatoms. The third-order valence-electron chi connectivity index (χ3n) is 2.87. The molecule has 0 unspecified atom stereocenters. The fourth-order valence-corrected chi connectivity index (χ4v) is 3.35. The van der Waals surface area contributed by atoms with Gasteiger partial charge >= 0.3 is 5.04 Å². The van der Waals surface area contributed by atoms with Gasteiger partial charge in [-0.1, -0.05) is 54.1 Å². The summed E-state index contributed by atoms with van der Waals surface area (Å²) in [5.41, 5.74) is 9.52. The highest BCUT2D eigenvalue weighted by atomic mass is 35.5. The van der Waals surface area contributed by atoms with Crippen molar-refractivity contribution in [2.45, 2.75) is 5.75 Å². The van der Waals surface area contributed by atoms with Gasteiger partial charge in [0.15, 0.2) is 0 Å². The van der Waals surface area contributed by atoms with Gasteiger partial charge in [0, 0.05) is 10.6 Å². The third-order valence-corrected chi connectivity index (χ3v) is 4.67. The monoisotopic (exact) mass is 334 g/mol. The molecule has 2 aromatic carbocycles. The molecular weight excluding hydrogens is 324 g/mol.